The molecule has 3 rings (SSSR count). The quantitative estimate of drug-likeness (QED) is 0.901. The first-order chi connectivity index (χ1) is 9.54. The molecule has 0 saturated carbocycles. The maximum Gasteiger partial charge on any atom is 0.192 e. The molecule has 5 heteroatoms. The van der Waals surface area contributed by atoms with Crippen LogP contribution in [0.15, 0.2) is 23.2 Å². The SMILES string of the molecule is CN(C)CCN1C(N)=NCC12CCc1c(F)cccc12. The maximum absolute atomic E-state index is 14.0. The first-order valence-corrected chi connectivity index (χ1v) is 7.05. The topological polar surface area (TPSA) is 44.9 Å². The van der Waals surface area contributed by atoms with Crippen LogP contribution < -0.4 is 5.73 Å². The summed E-state index contributed by atoms with van der Waals surface area (Å²) in [7, 11) is 4.08. The predicted molar refractivity (Wildman–Crippen MR) is 78.1 cm³/mol. The van der Waals surface area contributed by atoms with Crippen molar-refractivity contribution < 1.29 is 4.39 Å². The van der Waals surface area contributed by atoms with E-state index in [2.05, 4.69) is 14.8 Å². The van der Waals surface area contributed by atoms with Crippen molar-refractivity contribution in [2.75, 3.05) is 33.7 Å². The highest BCUT2D eigenvalue weighted by molar-refractivity contribution is 5.81. The standard InChI is InChI=1S/C15H21FN4/c1-19(2)8-9-20-14(17)18-10-15(20)7-6-11-12(15)4-3-5-13(11)16/h3-5H,6-10H2,1-2H3,(H2,17,18). The van der Waals surface area contributed by atoms with Crippen LogP contribution in [0.5, 0.6) is 0 Å². The molecule has 1 heterocycles. The average Bonchev–Trinajstić information content (AvgIpc) is 2.92. The van der Waals surface area contributed by atoms with Gasteiger partial charge in [-0.05, 0) is 44.1 Å². The van der Waals surface area contributed by atoms with Gasteiger partial charge < -0.3 is 15.5 Å². The molecule has 1 atom stereocenters. The Labute approximate surface area is 119 Å². The average molecular weight is 276 g/mol. The van der Waals surface area contributed by atoms with Crippen molar-refractivity contribution in [1.82, 2.24) is 9.80 Å². The van der Waals surface area contributed by atoms with Crippen LogP contribution in [0.3, 0.4) is 0 Å². The van der Waals surface area contributed by atoms with E-state index < -0.39 is 0 Å². The third-order valence-electron chi connectivity index (χ3n) is 4.48. The van der Waals surface area contributed by atoms with Crippen LogP contribution in [0.4, 0.5) is 4.39 Å². The van der Waals surface area contributed by atoms with Crippen molar-refractivity contribution in [1.29, 1.82) is 0 Å². The summed E-state index contributed by atoms with van der Waals surface area (Å²) in [6, 6.07) is 5.36. The summed E-state index contributed by atoms with van der Waals surface area (Å²) in [5.41, 5.74) is 7.76. The minimum atomic E-state index is -0.225. The molecule has 20 heavy (non-hydrogen) atoms. The summed E-state index contributed by atoms with van der Waals surface area (Å²) in [5.74, 6) is 0.487. The molecule has 0 amide bonds. The first kappa shape index (κ1) is 13.4. The fourth-order valence-corrected chi connectivity index (χ4v) is 3.39. The van der Waals surface area contributed by atoms with Gasteiger partial charge in [0.1, 0.15) is 5.82 Å². The van der Waals surface area contributed by atoms with Gasteiger partial charge in [0.05, 0.1) is 12.1 Å². The lowest BCUT2D eigenvalue weighted by atomic mass is 9.90. The molecule has 0 radical (unpaired) electrons. The van der Waals surface area contributed by atoms with Crippen molar-refractivity contribution in [3.05, 3.63) is 35.1 Å². The lowest BCUT2D eigenvalue weighted by Gasteiger charge is -2.37. The number of nitrogens with zero attached hydrogens (tertiary/aromatic N) is 3. The van der Waals surface area contributed by atoms with E-state index in [1.54, 1.807) is 12.1 Å². The summed E-state index contributed by atoms with van der Waals surface area (Å²) in [5, 5.41) is 0. The fourth-order valence-electron chi connectivity index (χ4n) is 3.39. The summed E-state index contributed by atoms with van der Waals surface area (Å²) < 4.78 is 14.0. The molecule has 0 saturated heterocycles. The molecule has 1 spiro atoms. The number of halogens is 1. The number of hydrogen-bond acceptors (Lipinski definition) is 4. The van der Waals surface area contributed by atoms with E-state index in [1.807, 2.05) is 20.2 Å². The van der Waals surface area contributed by atoms with Gasteiger partial charge >= 0.3 is 0 Å². The minimum absolute atomic E-state index is 0.0996. The van der Waals surface area contributed by atoms with E-state index in [1.165, 1.54) is 0 Å². The number of guanidine groups is 1. The zero-order valence-electron chi connectivity index (χ0n) is 12.1. The number of aliphatic imine (C=N–C) groups is 1. The molecule has 2 N–H and O–H groups in total. The van der Waals surface area contributed by atoms with Gasteiger partial charge in [-0.25, -0.2) is 4.39 Å². The van der Waals surface area contributed by atoms with E-state index in [0.29, 0.717) is 12.5 Å². The van der Waals surface area contributed by atoms with Crippen LogP contribution in [0.2, 0.25) is 0 Å². The van der Waals surface area contributed by atoms with Crippen LogP contribution >= 0.6 is 0 Å². The smallest absolute Gasteiger partial charge is 0.192 e. The van der Waals surface area contributed by atoms with Gasteiger partial charge in [0, 0.05) is 13.1 Å². The van der Waals surface area contributed by atoms with Gasteiger partial charge in [-0.2, -0.15) is 0 Å². The van der Waals surface area contributed by atoms with Gasteiger partial charge in [0.25, 0.3) is 0 Å². The highest BCUT2D eigenvalue weighted by atomic mass is 19.1. The first-order valence-electron chi connectivity index (χ1n) is 7.05. The summed E-state index contributed by atoms with van der Waals surface area (Å²) in [6.07, 6.45) is 1.66. The van der Waals surface area contributed by atoms with E-state index in [0.717, 1.165) is 37.1 Å². The normalized spacial score (nSPS) is 24.6. The number of benzene rings is 1. The summed E-state index contributed by atoms with van der Waals surface area (Å²) >= 11 is 0. The van der Waals surface area contributed by atoms with Gasteiger partial charge in [-0.15, -0.1) is 0 Å². The highest BCUT2D eigenvalue weighted by Gasteiger charge is 2.48. The number of hydrogen-bond donors (Lipinski definition) is 1. The number of fused-ring (bicyclic) bond motifs is 2. The fraction of sp³-hybridized carbons (Fsp3) is 0.533. The Bertz CT molecular complexity index is 555. The van der Waals surface area contributed by atoms with E-state index in [-0.39, 0.29) is 11.4 Å². The van der Waals surface area contributed by atoms with Crippen molar-refractivity contribution in [3.8, 4) is 0 Å². The molecule has 2 aliphatic rings. The van der Waals surface area contributed by atoms with Gasteiger partial charge in [-0.3, -0.25) is 4.99 Å². The molecule has 0 fully saturated rings. The van der Waals surface area contributed by atoms with Gasteiger partial charge in [-0.1, -0.05) is 12.1 Å². The molecular formula is C15H21FN4. The Morgan fingerprint density at radius 2 is 2.25 bits per heavy atom. The zero-order valence-corrected chi connectivity index (χ0v) is 12.1. The van der Waals surface area contributed by atoms with Crippen molar-refractivity contribution in [2.45, 2.75) is 18.4 Å². The van der Waals surface area contributed by atoms with E-state index in [4.69, 9.17) is 5.73 Å². The Morgan fingerprint density at radius 3 is 3.00 bits per heavy atom. The Morgan fingerprint density at radius 1 is 1.45 bits per heavy atom. The second kappa shape index (κ2) is 4.74. The molecule has 1 aromatic carbocycles. The lowest BCUT2D eigenvalue weighted by Crippen LogP contribution is -2.50. The molecule has 1 aliphatic carbocycles. The van der Waals surface area contributed by atoms with E-state index >= 15 is 0 Å². The van der Waals surface area contributed by atoms with Crippen molar-refractivity contribution in [2.24, 2.45) is 10.7 Å². The highest BCUT2D eigenvalue weighted by Crippen LogP contribution is 2.44. The monoisotopic (exact) mass is 276 g/mol. The minimum Gasteiger partial charge on any atom is -0.370 e. The molecule has 1 aromatic rings. The Hall–Kier alpha value is -1.62. The number of likely N-dealkylation sites (N-methyl/N-ethyl adjacent to an activating group) is 1. The molecule has 1 aliphatic heterocycles. The van der Waals surface area contributed by atoms with Crippen LogP contribution in [-0.4, -0.2) is 49.5 Å². The van der Waals surface area contributed by atoms with Crippen molar-refractivity contribution >= 4 is 5.96 Å². The molecule has 4 nitrogen and oxygen atoms in total. The van der Waals surface area contributed by atoms with Crippen LogP contribution in [0, 0.1) is 5.82 Å². The van der Waals surface area contributed by atoms with Gasteiger partial charge in [0.15, 0.2) is 5.96 Å². The van der Waals surface area contributed by atoms with Crippen LogP contribution in [0.1, 0.15) is 17.5 Å². The zero-order chi connectivity index (χ0) is 14.3. The summed E-state index contributed by atoms with van der Waals surface area (Å²) in [6.45, 7) is 2.36. The molecule has 0 bridgehead atoms. The van der Waals surface area contributed by atoms with Crippen LogP contribution in [-0.2, 0) is 12.0 Å². The predicted octanol–water partition coefficient (Wildman–Crippen LogP) is 1.16. The van der Waals surface area contributed by atoms with Crippen molar-refractivity contribution in [3.63, 3.8) is 0 Å². The maximum atomic E-state index is 14.0. The second-order valence-electron chi connectivity index (χ2n) is 5.93. The lowest BCUT2D eigenvalue weighted by molar-refractivity contribution is 0.185. The molecule has 108 valence electrons. The molecular weight excluding hydrogens is 255 g/mol. The largest absolute Gasteiger partial charge is 0.370 e. The Kier molecular flexibility index (Phi) is 3.17. The number of rotatable bonds is 3. The number of nitrogens with two attached hydrogens (primary N) is 1. The van der Waals surface area contributed by atoms with Gasteiger partial charge in [0.2, 0.25) is 0 Å². The van der Waals surface area contributed by atoms with Crippen LogP contribution in [0.25, 0.3) is 0 Å². The Balaban J connectivity index is 1.96. The molecule has 1 unspecified atom stereocenters. The third-order valence-corrected chi connectivity index (χ3v) is 4.48. The third kappa shape index (κ3) is 1.88. The van der Waals surface area contributed by atoms with E-state index in [9.17, 15) is 4.39 Å². The molecule has 0 aromatic heterocycles. The second-order valence-corrected chi connectivity index (χ2v) is 5.93. The summed E-state index contributed by atoms with van der Waals surface area (Å²) in [4.78, 5) is 8.73.